The van der Waals surface area contributed by atoms with Crippen LogP contribution in [0.1, 0.15) is 22.7 Å². The highest BCUT2D eigenvalue weighted by molar-refractivity contribution is 7.89. The Kier molecular flexibility index (Phi) is 7.14. The van der Waals surface area contributed by atoms with Crippen molar-refractivity contribution in [2.24, 2.45) is 0 Å². The van der Waals surface area contributed by atoms with Gasteiger partial charge in [0.1, 0.15) is 11.7 Å². The molecule has 13 heteroatoms. The van der Waals surface area contributed by atoms with E-state index in [1.54, 1.807) is 24.3 Å². The van der Waals surface area contributed by atoms with Gasteiger partial charge in [0, 0.05) is 25.1 Å². The van der Waals surface area contributed by atoms with Gasteiger partial charge in [0.2, 0.25) is 0 Å². The third-order valence-corrected chi connectivity index (χ3v) is 9.04. The van der Waals surface area contributed by atoms with Crippen LogP contribution in [0.5, 0.6) is 0 Å². The van der Waals surface area contributed by atoms with Crippen molar-refractivity contribution >= 4 is 32.5 Å². The number of aliphatic hydroxyl groups excluding tert-OH is 1. The second kappa shape index (κ2) is 10.3. The summed E-state index contributed by atoms with van der Waals surface area (Å²) in [5.74, 6) is -1.55. The number of nitrogen functional groups attached to an aromatic ring is 1. The number of aromatic nitrogens is 1. The molecule has 3 aromatic carbocycles. The molecule has 0 saturated heterocycles. The minimum absolute atomic E-state index is 0.0597. The number of nitrogens with two attached hydrogens (primary N) is 1. The lowest BCUT2D eigenvalue weighted by molar-refractivity contribution is -0.141. The lowest BCUT2D eigenvalue weighted by Crippen LogP contribution is -2.50. The molecule has 0 fully saturated rings. The van der Waals surface area contributed by atoms with Crippen LogP contribution in [0.4, 0.5) is 18.9 Å². The number of carbonyl (C=O) groups is 1. The standard InChI is InChI=1S/C28H24F3N3O6S/c29-28(30,31)19-9-4-8-18(13-19)23-21(14-17-7-3-6-16-5-1-2-10-20(16)17)24(32)25(36)34-22(27(37)38)15-33(11-12-35)41(39,40)26(23)34/h1-10,13,22,35H,11-12,14-15,32H2,(H,37,38). The first-order chi connectivity index (χ1) is 19.4. The predicted octanol–water partition coefficient (Wildman–Crippen LogP) is 3.48. The van der Waals surface area contributed by atoms with E-state index in [9.17, 15) is 41.4 Å². The van der Waals surface area contributed by atoms with E-state index in [1.807, 2.05) is 18.2 Å². The smallest absolute Gasteiger partial charge is 0.416 e. The molecule has 4 aromatic rings. The number of rotatable bonds is 6. The fourth-order valence-electron chi connectivity index (χ4n) is 5.25. The van der Waals surface area contributed by atoms with Gasteiger partial charge < -0.3 is 15.9 Å². The Labute approximate surface area is 231 Å². The molecule has 0 spiro atoms. The van der Waals surface area contributed by atoms with Crippen LogP contribution in [0.2, 0.25) is 0 Å². The molecular formula is C28H24F3N3O6S. The van der Waals surface area contributed by atoms with Crippen molar-refractivity contribution in [1.29, 1.82) is 0 Å². The summed E-state index contributed by atoms with van der Waals surface area (Å²) >= 11 is 0. The number of sulfonamides is 1. The van der Waals surface area contributed by atoms with Crippen molar-refractivity contribution in [3.05, 3.63) is 93.8 Å². The van der Waals surface area contributed by atoms with Crippen molar-refractivity contribution in [2.75, 3.05) is 25.4 Å². The molecule has 9 nitrogen and oxygen atoms in total. The molecule has 214 valence electrons. The van der Waals surface area contributed by atoms with Crippen LogP contribution in [0.25, 0.3) is 21.9 Å². The first kappa shape index (κ1) is 28.3. The maximum atomic E-state index is 13.9. The van der Waals surface area contributed by atoms with Gasteiger partial charge in [-0.05, 0) is 39.6 Å². The van der Waals surface area contributed by atoms with E-state index in [-0.39, 0.29) is 23.1 Å². The van der Waals surface area contributed by atoms with Crippen LogP contribution < -0.4 is 11.3 Å². The lowest BCUT2D eigenvalue weighted by Gasteiger charge is -2.35. The van der Waals surface area contributed by atoms with Gasteiger partial charge in [-0.3, -0.25) is 9.36 Å². The molecule has 0 radical (unpaired) electrons. The number of carboxylic acids is 1. The molecule has 1 atom stereocenters. The molecule has 0 bridgehead atoms. The molecule has 0 amide bonds. The van der Waals surface area contributed by atoms with Crippen molar-refractivity contribution < 1.29 is 36.6 Å². The van der Waals surface area contributed by atoms with E-state index < -0.39 is 69.7 Å². The van der Waals surface area contributed by atoms with Crippen molar-refractivity contribution in [2.45, 2.75) is 23.7 Å². The van der Waals surface area contributed by atoms with Gasteiger partial charge in [0.05, 0.1) is 12.2 Å². The summed E-state index contributed by atoms with van der Waals surface area (Å²) in [4.78, 5) is 25.9. The molecular weight excluding hydrogens is 563 g/mol. The number of nitrogens with zero attached hydrogens (tertiary/aromatic N) is 2. The number of hydrogen-bond donors (Lipinski definition) is 3. The summed E-state index contributed by atoms with van der Waals surface area (Å²) in [6.07, 6.45) is -4.93. The van der Waals surface area contributed by atoms with Gasteiger partial charge >= 0.3 is 12.1 Å². The number of pyridine rings is 1. The number of halogens is 3. The second-order valence-corrected chi connectivity index (χ2v) is 11.4. The number of alkyl halides is 3. The fraction of sp³-hybridized carbons (Fsp3) is 0.214. The number of β-amino-alcohol motifs (C(OH)–C–C–N with tert-alkyl or cyclic N) is 1. The quantitative estimate of drug-likeness (QED) is 0.314. The number of aliphatic carboxylic acids is 1. The van der Waals surface area contributed by atoms with Gasteiger partial charge in [-0.15, -0.1) is 0 Å². The molecule has 1 aliphatic heterocycles. The summed E-state index contributed by atoms with van der Waals surface area (Å²) in [6, 6.07) is 14.7. The summed E-state index contributed by atoms with van der Waals surface area (Å²) in [6.45, 7) is -1.84. The van der Waals surface area contributed by atoms with Crippen molar-refractivity contribution in [1.82, 2.24) is 8.87 Å². The van der Waals surface area contributed by atoms with Crippen molar-refractivity contribution in [3.63, 3.8) is 0 Å². The third kappa shape index (κ3) is 4.85. The number of hydrogen-bond acceptors (Lipinski definition) is 6. The lowest BCUT2D eigenvalue weighted by atomic mass is 9.92. The predicted molar refractivity (Wildman–Crippen MR) is 145 cm³/mol. The van der Waals surface area contributed by atoms with E-state index in [0.717, 1.165) is 29.0 Å². The zero-order chi connectivity index (χ0) is 29.7. The molecule has 2 heterocycles. The molecule has 4 N–H and O–H groups in total. The summed E-state index contributed by atoms with van der Waals surface area (Å²) in [7, 11) is -4.70. The highest BCUT2D eigenvalue weighted by atomic mass is 32.2. The highest BCUT2D eigenvalue weighted by Gasteiger charge is 2.44. The zero-order valence-electron chi connectivity index (χ0n) is 21.3. The highest BCUT2D eigenvalue weighted by Crippen LogP contribution is 2.41. The Morgan fingerprint density at radius 1 is 1.05 bits per heavy atom. The zero-order valence-corrected chi connectivity index (χ0v) is 22.1. The minimum Gasteiger partial charge on any atom is -0.480 e. The monoisotopic (exact) mass is 587 g/mol. The fourth-order valence-corrected chi connectivity index (χ4v) is 7.11. The van der Waals surface area contributed by atoms with Crippen LogP contribution in [-0.4, -0.2) is 53.2 Å². The second-order valence-electron chi connectivity index (χ2n) is 9.58. The van der Waals surface area contributed by atoms with Gasteiger partial charge in [-0.25, -0.2) is 13.2 Å². The summed E-state index contributed by atoms with van der Waals surface area (Å²) < 4.78 is 70.3. The number of anilines is 1. The largest absolute Gasteiger partial charge is 0.480 e. The number of benzene rings is 3. The summed E-state index contributed by atoms with van der Waals surface area (Å²) in [5.41, 5.74) is 3.68. The van der Waals surface area contributed by atoms with Crippen molar-refractivity contribution in [3.8, 4) is 11.1 Å². The van der Waals surface area contributed by atoms with E-state index in [1.165, 1.54) is 6.07 Å². The molecule has 1 unspecified atom stereocenters. The van der Waals surface area contributed by atoms with Gasteiger partial charge in [0.25, 0.3) is 15.6 Å². The molecule has 0 aliphatic carbocycles. The first-order valence-corrected chi connectivity index (χ1v) is 13.8. The topological polar surface area (TPSA) is 143 Å². The van der Waals surface area contributed by atoms with E-state index in [0.29, 0.717) is 14.4 Å². The Hall–Kier alpha value is -4.20. The average molecular weight is 588 g/mol. The average Bonchev–Trinajstić information content (AvgIpc) is 2.92. The minimum atomic E-state index is -4.78. The van der Waals surface area contributed by atoms with Crippen LogP contribution >= 0.6 is 0 Å². The van der Waals surface area contributed by atoms with Gasteiger partial charge in [-0.2, -0.15) is 17.5 Å². The van der Waals surface area contributed by atoms with Crippen LogP contribution in [0.15, 0.2) is 76.6 Å². The molecule has 41 heavy (non-hydrogen) atoms. The Morgan fingerprint density at radius 2 is 1.73 bits per heavy atom. The van der Waals surface area contributed by atoms with Gasteiger partial charge in [0.15, 0.2) is 5.03 Å². The van der Waals surface area contributed by atoms with E-state index in [4.69, 9.17) is 5.73 Å². The SMILES string of the molecule is Nc1c(Cc2cccc3ccccc23)c(-c2cccc(C(F)(F)F)c2)c2n(c1=O)C(C(=O)O)CN(CCO)S2(=O)=O. The number of aliphatic hydroxyl groups is 1. The summed E-state index contributed by atoms with van der Waals surface area (Å²) in [5, 5.41) is 20.3. The normalized spacial score (nSPS) is 16.9. The molecule has 1 aliphatic rings. The Balaban J connectivity index is 1.92. The maximum absolute atomic E-state index is 13.9. The Morgan fingerprint density at radius 3 is 2.41 bits per heavy atom. The van der Waals surface area contributed by atoms with Crippen LogP contribution in [0.3, 0.4) is 0 Å². The molecule has 5 rings (SSSR count). The molecule has 0 saturated carbocycles. The van der Waals surface area contributed by atoms with Crippen LogP contribution in [-0.2, 0) is 27.4 Å². The van der Waals surface area contributed by atoms with Gasteiger partial charge in [-0.1, -0.05) is 54.6 Å². The number of fused-ring (bicyclic) bond motifs is 2. The third-order valence-electron chi connectivity index (χ3n) is 7.14. The van der Waals surface area contributed by atoms with E-state index in [2.05, 4.69) is 0 Å². The number of carboxylic acid groups (broad SMARTS) is 1. The first-order valence-electron chi connectivity index (χ1n) is 12.4. The van der Waals surface area contributed by atoms with E-state index >= 15 is 0 Å². The van der Waals surface area contributed by atoms with Crippen LogP contribution in [0, 0.1) is 0 Å². The Bertz CT molecular complexity index is 1850. The molecule has 1 aromatic heterocycles. The maximum Gasteiger partial charge on any atom is 0.416 e.